The fraction of sp³-hybridized carbons (Fsp3) is 0. The van der Waals surface area contributed by atoms with E-state index in [4.69, 9.17) is 11.6 Å². The van der Waals surface area contributed by atoms with Crippen LogP contribution in [0.4, 0.5) is 4.39 Å². The highest BCUT2D eigenvalue weighted by molar-refractivity contribution is 7.83. The Bertz CT molecular complexity index is 436. The molecular weight excluding hydrogens is 215 g/mol. The average molecular weight is 219 g/mol. The zero-order valence-corrected chi connectivity index (χ0v) is 8.31. The molecule has 2 aromatic rings. The molecule has 0 spiro atoms. The smallest absolute Gasteiger partial charge is 0.142 e. The van der Waals surface area contributed by atoms with Crippen molar-refractivity contribution in [3.63, 3.8) is 0 Å². The Labute approximate surface area is 83.4 Å². The summed E-state index contributed by atoms with van der Waals surface area (Å²) in [6.07, 6.45) is 0. The van der Waals surface area contributed by atoms with Gasteiger partial charge >= 0.3 is 0 Å². The summed E-state index contributed by atoms with van der Waals surface area (Å²) >= 11 is 11.1. The third-order valence-corrected chi connectivity index (χ3v) is 3.11. The second kappa shape index (κ2) is 2.91. The molecule has 1 aromatic heterocycles. The first-order valence-electron chi connectivity index (χ1n) is 3.24. The van der Waals surface area contributed by atoms with Crippen LogP contribution in [-0.4, -0.2) is 0 Å². The molecule has 62 valence electrons. The van der Waals surface area contributed by atoms with E-state index in [2.05, 4.69) is 12.6 Å². The van der Waals surface area contributed by atoms with Crippen molar-refractivity contribution in [2.75, 3.05) is 0 Å². The third kappa shape index (κ3) is 1.32. The highest BCUT2D eigenvalue weighted by Gasteiger charge is 2.05. The Morgan fingerprint density at radius 1 is 1.33 bits per heavy atom. The number of fused-ring (bicyclic) bond motifs is 1. The minimum Gasteiger partial charge on any atom is -0.205 e. The van der Waals surface area contributed by atoms with E-state index >= 15 is 0 Å². The van der Waals surface area contributed by atoms with Crippen molar-refractivity contribution >= 4 is 45.7 Å². The van der Waals surface area contributed by atoms with E-state index in [1.807, 2.05) is 0 Å². The molecule has 0 saturated heterocycles. The predicted octanol–water partition coefficient (Wildman–Crippen LogP) is 3.98. The summed E-state index contributed by atoms with van der Waals surface area (Å²) in [5, 5.41) is 1.24. The van der Waals surface area contributed by atoms with Gasteiger partial charge in [0.1, 0.15) is 5.82 Å². The van der Waals surface area contributed by atoms with E-state index in [1.165, 1.54) is 17.4 Å². The van der Waals surface area contributed by atoms with Gasteiger partial charge in [0.2, 0.25) is 0 Å². The molecule has 12 heavy (non-hydrogen) atoms. The van der Waals surface area contributed by atoms with Gasteiger partial charge in [0.15, 0.2) is 0 Å². The number of halogens is 2. The predicted molar refractivity (Wildman–Crippen MR) is 54.0 cm³/mol. The molecule has 0 atom stereocenters. The molecule has 1 aromatic carbocycles. The minimum atomic E-state index is -0.275. The molecule has 0 aliphatic heterocycles. The molecule has 0 aliphatic rings. The molecule has 0 nitrogen and oxygen atoms in total. The second-order valence-corrected chi connectivity index (χ2v) is 4.66. The van der Waals surface area contributed by atoms with Crippen LogP contribution in [0, 0.1) is 5.82 Å². The minimum absolute atomic E-state index is 0.275. The van der Waals surface area contributed by atoms with Crippen molar-refractivity contribution in [3.8, 4) is 0 Å². The summed E-state index contributed by atoms with van der Waals surface area (Å²) in [7, 11) is 0. The van der Waals surface area contributed by atoms with Crippen LogP contribution in [0.25, 0.3) is 10.1 Å². The number of benzene rings is 1. The van der Waals surface area contributed by atoms with Crippen molar-refractivity contribution in [3.05, 3.63) is 29.0 Å². The fourth-order valence-corrected chi connectivity index (χ4v) is 2.48. The standard InChI is InChI=1S/C8H4ClFS2/c9-5-1-4-2-7(11)12-8(4)6(10)3-5/h1-3,11H. The normalized spacial score (nSPS) is 10.9. The Morgan fingerprint density at radius 3 is 2.83 bits per heavy atom. The zero-order valence-electron chi connectivity index (χ0n) is 5.84. The third-order valence-electron chi connectivity index (χ3n) is 1.52. The maximum absolute atomic E-state index is 13.2. The van der Waals surface area contributed by atoms with Gasteiger partial charge in [0, 0.05) is 5.02 Å². The lowest BCUT2D eigenvalue weighted by Crippen LogP contribution is -1.72. The molecule has 0 amide bonds. The summed E-state index contributed by atoms with van der Waals surface area (Å²) in [4.78, 5) is 0. The molecule has 0 unspecified atom stereocenters. The largest absolute Gasteiger partial charge is 0.205 e. The lowest BCUT2D eigenvalue weighted by atomic mass is 10.2. The van der Waals surface area contributed by atoms with Gasteiger partial charge < -0.3 is 0 Å². The molecule has 0 saturated carbocycles. The second-order valence-electron chi connectivity index (χ2n) is 2.39. The van der Waals surface area contributed by atoms with E-state index in [0.717, 1.165) is 9.60 Å². The van der Waals surface area contributed by atoms with Gasteiger partial charge in [0.25, 0.3) is 0 Å². The van der Waals surface area contributed by atoms with Crippen LogP contribution < -0.4 is 0 Å². The van der Waals surface area contributed by atoms with E-state index in [0.29, 0.717) is 9.72 Å². The van der Waals surface area contributed by atoms with Crippen LogP contribution in [0.2, 0.25) is 5.02 Å². The van der Waals surface area contributed by atoms with Crippen LogP contribution in [0.1, 0.15) is 0 Å². The number of hydrogen-bond acceptors (Lipinski definition) is 2. The van der Waals surface area contributed by atoms with Gasteiger partial charge in [-0.1, -0.05) is 11.6 Å². The van der Waals surface area contributed by atoms with Crippen molar-refractivity contribution in [1.29, 1.82) is 0 Å². The summed E-state index contributed by atoms with van der Waals surface area (Å²) < 4.78 is 14.6. The van der Waals surface area contributed by atoms with E-state index in [-0.39, 0.29) is 5.82 Å². The van der Waals surface area contributed by atoms with Gasteiger partial charge in [-0.05, 0) is 23.6 Å². The lowest BCUT2D eigenvalue weighted by Gasteiger charge is -1.92. The van der Waals surface area contributed by atoms with Crippen molar-refractivity contribution in [2.45, 2.75) is 4.21 Å². The van der Waals surface area contributed by atoms with E-state index in [9.17, 15) is 4.39 Å². The maximum Gasteiger partial charge on any atom is 0.142 e. The Hall–Kier alpha value is -0.250. The quantitative estimate of drug-likeness (QED) is 0.636. The van der Waals surface area contributed by atoms with Gasteiger partial charge in [0.05, 0.1) is 8.91 Å². The zero-order chi connectivity index (χ0) is 8.72. The van der Waals surface area contributed by atoms with Crippen LogP contribution in [0.5, 0.6) is 0 Å². The van der Waals surface area contributed by atoms with Crippen LogP contribution in [0.3, 0.4) is 0 Å². The monoisotopic (exact) mass is 218 g/mol. The molecule has 0 aliphatic carbocycles. The Kier molecular flexibility index (Phi) is 2.02. The molecule has 0 N–H and O–H groups in total. The van der Waals surface area contributed by atoms with Gasteiger partial charge in [-0.15, -0.1) is 24.0 Å². The molecule has 0 bridgehead atoms. The first-order valence-corrected chi connectivity index (χ1v) is 4.88. The highest BCUT2D eigenvalue weighted by Crippen LogP contribution is 2.32. The molecular formula is C8H4ClFS2. The van der Waals surface area contributed by atoms with Gasteiger partial charge in [-0.25, -0.2) is 4.39 Å². The first-order chi connectivity index (χ1) is 5.66. The lowest BCUT2D eigenvalue weighted by molar-refractivity contribution is 0.642. The van der Waals surface area contributed by atoms with Crippen LogP contribution >= 0.6 is 35.6 Å². The van der Waals surface area contributed by atoms with Gasteiger partial charge in [-0.2, -0.15) is 0 Å². The number of thiophene rings is 1. The molecule has 4 heteroatoms. The molecule has 0 fully saturated rings. The number of thiol groups is 1. The Balaban J connectivity index is 2.88. The SMILES string of the molecule is Fc1cc(Cl)cc2cc(S)sc12. The Morgan fingerprint density at radius 2 is 2.08 bits per heavy atom. The van der Waals surface area contributed by atoms with Crippen molar-refractivity contribution in [1.82, 2.24) is 0 Å². The maximum atomic E-state index is 13.2. The van der Waals surface area contributed by atoms with Crippen LogP contribution in [-0.2, 0) is 0 Å². The number of rotatable bonds is 0. The van der Waals surface area contributed by atoms with E-state index < -0.39 is 0 Å². The molecule has 2 rings (SSSR count). The van der Waals surface area contributed by atoms with Gasteiger partial charge in [-0.3, -0.25) is 0 Å². The number of hydrogen-bond donors (Lipinski definition) is 1. The summed E-state index contributed by atoms with van der Waals surface area (Å²) in [5.74, 6) is -0.275. The summed E-state index contributed by atoms with van der Waals surface area (Å²) in [6.45, 7) is 0. The highest BCUT2D eigenvalue weighted by atomic mass is 35.5. The topological polar surface area (TPSA) is 0 Å². The fourth-order valence-electron chi connectivity index (χ4n) is 1.06. The molecule has 1 heterocycles. The average Bonchev–Trinajstić information content (AvgIpc) is 2.29. The first kappa shape index (κ1) is 8.35. The van der Waals surface area contributed by atoms with Crippen molar-refractivity contribution in [2.24, 2.45) is 0 Å². The summed E-state index contributed by atoms with van der Waals surface area (Å²) in [6, 6.07) is 4.85. The van der Waals surface area contributed by atoms with Crippen LogP contribution in [0.15, 0.2) is 22.4 Å². The van der Waals surface area contributed by atoms with E-state index in [1.54, 1.807) is 12.1 Å². The molecule has 0 radical (unpaired) electrons. The summed E-state index contributed by atoms with van der Waals surface area (Å²) in [5.41, 5.74) is 0. The van der Waals surface area contributed by atoms with Crippen molar-refractivity contribution < 1.29 is 4.39 Å².